The van der Waals surface area contributed by atoms with Crippen molar-refractivity contribution < 1.29 is 45.4 Å². The van der Waals surface area contributed by atoms with Gasteiger partial charge in [0, 0.05) is 24.5 Å². The van der Waals surface area contributed by atoms with Crippen LogP contribution in [0.2, 0.25) is 0 Å². The molecule has 2 heterocycles. The lowest BCUT2D eigenvalue weighted by molar-refractivity contribution is -0.143. The lowest BCUT2D eigenvalue weighted by Gasteiger charge is -2.32. The van der Waals surface area contributed by atoms with E-state index >= 15 is 4.39 Å². The molecule has 1 aromatic heterocycles. The molecule has 52 heavy (non-hydrogen) atoms. The predicted molar refractivity (Wildman–Crippen MR) is 182 cm³/mol. The fraction of sp³-hybridized carbons (Fsp3) is 0.378. The normalized spacial score (nSPS) is 14.6. The maximum atomic E-state index is 15.0. The van der Waals surface area contributed by atoms with Crippen molar-refractivity contribution in [3.05, 3.63) is 106 Å². The minimum atomic E-state index is -5.18. The number of hydrogen-bond donors (Lipinski definition) is 2. The summed E-state index contributed by atoms with van der Waals surface area (Å²) in [6.07, 6.45) is -6.64. The van der Waals surface area contributed by atoms with E-state index in [-0.39, 0.29) is 34.8 Å². The van der Waals surface area contributed by atoms with Gasteiger partial charge >= 0.3 is 18.4 Å². The number of halogens is 7. The van der Waals surface area contributed by atoms with E-state index in [9.17, 15) is 36.2 Å². The fourth-order valence-corrected chi connectivity index (χ4v) is 6.57. The van der Waals surface area contributed by atoms with Crippen LogP contribution in [0.15, 0.2) is 60.8 Å². The molecule has 1 aliphatic heterocycles. The van der Waals surface area contributed by atoms with Crippen LogP contribution in [0, 0.1) is 26.6 Å². The summed E-state index contributed by atoms with van der Waals surface area (Å²) in [6, 6.07) is 7.79. The molecular formula is C37H38F7N5O3. The summed E-state index contributed by atoms with van der Waals surface area (Å²) in [5, 5.41) is 13.3. The number of rotatable bonds is 11. The number of piperidine rings is 1. The van der Waals surface area contributed by atoms with Gasteiger partial charge in [-0.15, -0.1) is 0 Å². The maximum absolute atomic E-state index is 15.0. The van der Waals surface area contributed by atoms with Gasteiger partial charge in [0.1, 0.15) is 5.82 Å². The fourth-order valence-electron chi connectivity index (χ4n) is 6.57. The molecule has 1 fully saturated rings. The standard InChI is InChI=1S/C37H38F7N5O3/c1-22-16-23(2)32(24(3)17-22)33(25-18-26(36(39,40)41)20-27(19-25)37(42,43)44)49(35(50)51)31-10-11-45-34(47-31)46-28-8-9-30(29(38)21-28)52-15-7-14-48-12-5-4-6-13-48/h8-11,16-21,33H,4-7,12-15H2,1-3H3,(H,50,51)(H,45,46,47). The smallest absolute Gasteiger partial charge is 0.416 e. The van der Waals surface area contributed by atoms with E-state index in [1.807, 2.05) is 0 Å². The van der Waals surface area contributed by atoms with E-state index in [1.54, 1.807) is 32.9 Å². The molecule has 15 heteroatoms. The number of ether oxygens (including phenoxy) is 1. The number of carboxylic acid groups (broad SMARTS) is 1. The molecule has 0 saturated carbocycles. The van der Waals surface area contributed by atoms with Crippen molar-refractivity contribution in [2.24, 2.45) is 0 Å². The van der Waals surface area contributed by atoms with Gasteiger partial charge in [-0.25, -0.2) is 19.1 Å². The molecule has 0 bridgehead atoms. The van der Waals surface area contributed by atoms with E-state index in [1.165, 1.54) is 18.6 Å². The lowest BCUT2D eigenvalue weighted by Crippen LogP contribution is -2.36. The quantitative estimate of drug-likeness (QED) is 0.117. The molecule has 0 radical (unpaired) electrons. The largest absolute Gasteiger partial charge is 0.490 e. The first-order valence-electron chi connectivity index (χ1n) is 16.7. The van der Waals surface area contributed by atoms with Crippen LogP contribution < -0.4 is 15.0 Å². The van der Waals surface area contributed by atoms with Gasteiger partial charge in [0.2, 0.25) is 5.95 Å². The molecule has 2 N–H and O–H groups in total. The zero-order chi connectivity index (χ0) is 37.8. The first kappa shape index (κ1) is 38.3. The molecule has 1 atom stereocenters. The monoisotopic (exact) mass is 733 g/mol. The highest BCUT2D eigenvalue weighted by molar-refractivity contribution is 5.87. The highest BCUT2D eigenvalue weighted by Gasteiger charge is 2.40. The average molecular weight is 734 g/mol. The summed E-state index contributed by atoms with van der Waals surface area (Å²) in [5.41, 5.74) is -1.84. The molecule has 8 nitrogen and oxygen atoms in total. The molecule has 1 unspecified atom stereocenters. The Morgan fingerprint density at radius 1 is 0.923 bits per heavy atom. The molecule has 5 rings (SSSR count). The van der Waals surface area contributed by atoms with E-state index in [4.69, 9.17) is 4.74 Å². The number of nitrogens with one attached hydrogen (secondary N) is 1. The van der Waals surface area contributed by atoms with Gasteiger partial charge < -0.3 is 20.1 Å². The van der Waals surface area contributed by atoms with Crippen LogP contribution >= 0.6 is 0 Å². The van der Waals surface area contributed by atoms with E-state index < -0.39 is 47.0 Å². The van der Waals surface area contributed by atoms with Crippen LogP contribution in [0.5, 0.6) is 5.75 Å². The van der Waals surface area contributed by atoms with Crippen molar-refractivity contribution in [3.63, 3.8) is 0 Å². The Hall–Kier alpha value is -4.92. The van der Waals surface area contributed by atoms with Crippen molar-refractivity contribution in [1.29, 1.82) is 0 Å². The summed E-state index contributed by atoms with van der Waals surface area (Å²) in [7, 11) is 0. The predicted octanol–water partition coefficient (Wildman–Crippen LogP) is 9.85. The topological polar surface area (TPSA) is 90.8 Å². The highest BCUT2D eigenvalue weighted by Crippen LogP contribution is 2.42. The van der Waals surface area contributed by atoms with Gasteiger partial charge in [-0.05, 0) is 112 Å². The zero-order valence-electron chi connectivity index (χ0n) is 28.7. The Morgan fingerprint density at radius 2 is 1.56 bits per heavy atom. The number of aryl methyl sites for hydroxylation is 3. The molecule has 0 aliphatic carbocycles. The van der Waals surface area contributed by atoms with E-state index in [0.29, 0.717) is 34.8 Å². The van der Waals surface area contributed by atoms with Crippen molar-refractivity contribution in [2.75, 3.05) is 36.5 Å². The van der Waals surface area contributed by atoms with Gasteiger partial charge in [0.25, 0.3) is 0 Å². The third-order valence-electron chi connectivity index (χ3n) is 8.80. The number of carbonyl (C=O) groups is 1. The summed E-state index contributed by atoms with van der Waals surface area (Å²) >= 11 is 0. The minimum absolute atomic E-state index is 0.0155. The van der Waals surface area contributed by atoms with Gasteiger partial charge in [-0.1, -0.05) is 24.1 Å². The number of likely N-dealkylation sites (tertiary alicyclic amines) is 1. The Labute approximate surface area is 296 Å². The third-order valence-corrected chi connectivity index (χ3v) is 8.80. The second kappa shape index (κ2) is 15.8. The van der Waals surface area contributed by atoms with Crippen molar-refractivity contribution in [2.45, 2.75) is 64.8 Å². The number of anilines is 3. The maximum Gasteiger partial charge on any atom is 0.416 e. The highest BCUT2D eigenvalue weighted by atomic mass is 19.4. The van der Waals surface area contributed by atoms with Gasteiger partial charge in [-0.2, -0.15) is 31.3 Å². The first-order valence-corrected chi connectivity index (χ1v) is 16.7. The molecule has 4 aromatic rings. The molecule has 1 saturated heterocycles. The number of aromatic nitrogens is 2. The molecule has 278 valence electrons. The van der Waals surface area contributed by atoms with Gasteiger partial charge in [0.05, 0.1) is 23.8 Å². The third kappa shape index (κ3) is 9.29. The number of amides is 1. The molecule has 1 amide bonds. The molecule has 3 aromatic carbocycles. The van der Waals surface area contributed by atoms with Crippen LogP contribution in [0.3, 0.4) is 0 Å². The van der Waals surface area contributed by atoms with Gasteiger partial charge in [-0.3, -0.25) is 0 Å². The Morgan fingerprint density at radius 3 is 2.13 bits per heavy atom. The minimum Gasteiger partial charge on any atom is -0.490 e. The second-order valence-corrected chi connectivity index (χ2v) is 12.8. The van der Waals surface area contributed by atoms with Crippen LogP contribution in [0.25, 0.3) is 0 Å². The van der Waals surface area contributed by atoms with Gasteiger partial charge in [0.15, 0.2) is 11.6 Å². The van der Waals surface area contributed by atoms with E-state index in [0.717, 1.165) is 62.8 Å². The van der Waals surface area contributed by atoms with Crippen molar-refractivity contribution >= 4 is 23.5 Å². The average Bonchev–Trinajstić information content (AvgIpc) is 3.06. The van der Waals surface area contributed by atoms with Crippen molar-refractivity contribution in [3.8, 4) is 5.75 Å². The van der Waals surface area contributed by atoms with Crippen LogP contribution in [0.1, 0.15) is 70.7 Å². The molecular weight excluding hydrogens is 695 g/mol. The Bertz CT molecular complexity index is 1840. The van der Waals surface area contributed by atoms with Crippen LogP contribution in [-0.4, -0.2) is 52.3 Å². The first-order chi connectivity index (χ1) is 24.5. The van der Waals surface area contributed by atoms with Crippen LogP contribution in [-0.2, 0) is 12.4 Å². The SMILES string of the molecule is Cc1cc(C)c(C(c2cc(C(F)(F)F)cc(C(F)(F)F)c2)N(C(=O)O)c2ccnc(Nc3ccc(OCCCN4CCCCC4)c(F)c3)n2)c(C)c1. The molecule has 1 aliphatic rings. The lowest BCUT2D eigenvalue weighted by atomic mass is 9.87. The number of nitrogens with zero attached hydrogens (tertiary/aromatic N) is 4. The zero-order valence-corrected chi connectivity index (χ0v) is 28.7. The van der Waals surface area contributed by atoms with Crippen molar-refractivity contribution in [1.82, 2.24) is 14.9 Å². The van der Waals surface area contributed by atoms with E-state index in [2.05, 4.69) is 20.2 Å². The molecule has 0 spiro atoms. The van der Waals surface area contributed by atoms with Crippen LogP contribution in [0.4, 0.5) is 53.0 Å². The summed E-state index contributed by atoms with van der Waals surface area (Å²) in [6.45, 7) is 8.17. The number of hydrogen-bond acceptors (Lipinski definition) is 6. The Balaban J connectivity index is 1.48. The Kier molecular flexibility index (Phi) is 11.6. The number of alkyl halides is 6. The summed E-state index contributed by atoms with van der Waals surface area (Å²) in [5.74, 6) is -1.23. The number of benzene rings is 3. The summed E-state index contributed by atoms with van der Waals surface area (Å²) < 4.78 is 105. The second-order valence-electron chi connectivity index (χ2n) is 12.8. The summed E-state index contributed by atoms with van der Waals surface area (Å²) in [4.78, 5) is 24.3.